The van der Waals surface area contributed by atoms with Gasteiger partial charge in [0.15, 0.2) is 0 Å². The van der Waals surface area contributed by atoms with Gasteiger partial charge in [-0.25, -0.2) is 18.2 Å². The summed E-state index contributed by atoms with van der Waals surface area (Å²) in [6.07, 6.45) is 8.30. The molecular formula is C17H23N3O4S. The van der Waals surface area contributed by atoms with Gasteiger partial charge in [0, 0.05) is 19.3 Å². The molecule has 0 unspecified atom stereocenters. The van der Waals surface area contributed by atoms with E-state index in [-0.39, 0.29) is 10.5 Å². The van der Waals surface area contributed by atoms with Gasteiger partial charge in [-0.3, -0.25) is 9.63 Å². The van der Waals surface area contributed by atoms with E-state index in [9.17, 15) is 13.2 Å². The van der Waals surface area contributed by atoms with Crippen LogP contribution in [0.2, 0.25) is 0 Å². The average molecular weight is 365 g/mol. The van der Waals surface area contributed by atoms with Crippen LogP contribution in [0.25, 0.3) is 0 Å². The van der Waals surface area contributed by atoms with Crippen LogP contribution in [-0.4, -0.2) is 47.1 Å². The number of carbonyl (C=O) groups excluding carboxylic acids is 1. The first kappa shape index (κ1) is 19.2. The zero-order chi connectivity index (χ0) is 18.4. The van der Waals surface area contributed by atoms with Crippen LogP contribution >= 0.6 is 0 Å². The third-order valence-corrected chi connectivity index (χ3v) is 5.33. The Labute approximate surface area is 148 Å². The highest BCUT2D eigenvalue weighted by molar-refractivity contribution is 7.89. The molecule has 8 heteroatoms. The molecule has 1 aromatic carbocycles. The zero-order valence-electron chi connectivity index (χ0n) is 14.6. The summed E-state index contributed by atoms with van der Waals surface area (Å²) < 4.78 is 26.3. The van der Waals surface area contributed by atoms with E-state index in [0.29, 0.717) is 12.2 Å². The van der Waals surface area contributed by atoms with Crippen molar-refractivity contribution in [2.24, 2.45) is 0 Å². The molecule has 25 heavy (non-hydrogen) atoms. The lowest BCUT2D eigenvalue weighted by molar-refractivity contribution is -0.0756. The van der Waals surface area contributed by atoms with E-state index in [2.05, 4.69) is 22.2 Å². The van der Waals surface area contributed by atoms with Gasteiger partial charge in [0.2, 0.25) is 10.0 Å². The first-order valence-electron chi connectivity index (χ1n) is 7.88. The van der Waals surface area contributed by atoms with Gasteiger partial charge in [0.05, 0.1) is 17.6 Å². The van der Waals surface area contributed by atoms with Crippen molar-refractivity contribution < 1.29 is 18.0 Å². The fourth-order valence-electron chi connectivity index (χ4n) is 2.39. The quantitative estimate of drug-likeness (QED) is 0.721. The van der Waals surface area contributed by atoms with Crippen LogP contribution in [0.1, 0.15) is 23.2 Å². The van der Waals surface area contributed by atoms with Crippen LogP contribution in [0.5, 0.6) is 0 Å². The third-order valence-electron chi connectivity index (χ3n) is 3.92. The molecule has 7 nitrogen and oxygen atoms in total. The summed E-state index contributed by atoms with van der Waals surface area (Å²) >= 11 is 0. The Morgan fingerprint density at radius 1 is 1.32 bits per heavy atom. The highest BCUT2D eigenvalue weighted by Crippen LogP contribution is 2.23. The minimum Gasteiger partial charge on any atom is -0.380 e. The van der Waals surface area contributed by atoms with E-state index in [0.717, 1.165) is 23.5 Å². The molecule has 0 radical (unpaired) electrons. The molecule has 1 amide bonds. The maximum absolute atomic E-state index is 12.5. The Morgan fingerprint density at radius 3 is 2.68 bits per heavy atom. The normalized spacial score (nSPS) is 14.1. The first-order valence-corrected chi connectivity index (χ1v) is 9.36. The van der Waals surface area contributed by atoms with Crippen LogP contribution in [-0.2, 0) is 14.9 Å². The standard InChI is InChI=1S/C17H23N3O4S/c1-18-25(22,23)14-9-10-16(15(11-14)17(21)20(2)24-3)19-12-13-7-5-4-6-8-13/h5,7-11,18-19H,4,6,12H2,1-3H3. The minimum atomic E-state index is -3.65. The predicted octanol–water partition coefficient (Wildman–Crippen LogP) is 1.92. The molecular weight excluding hydrogens is 342 g/mol. The van der Waals surface area contributed by atoms with E-state index in [1.54, 1.807) is 6.07 Å². The Morgan fingerprint density at radius 2 is 2.08 bits per heavy atom. The van der Waals surface area contributed by atoms with Crippen LogP contribution in [0, 0.1) is 0 Å². The van der Waals surface area contributed by atoms with Crippen molar-refractivity contribution in [3.8, 4) is 0 Å². The summed E-state index contributed by atoms with van der Waals surface area (Å²) in [5.41, 5.74) is 1.89. The molecule has 0 spiro atoms. The lowest BCUT2D eigenvalue weighted by Crippen LogP contribution is -2.27. The fourth-order valence-corrected chi connectivity index (χ4v) is 3.14. The summed E-state index contributed by atoms with van der Waals surface area (Å²) in [5.74, 6) is -0.439. The maximum Gasteiger partial charge on any atom is 0.279 e. The molecule has 2 N–H and O–H groups in total. The Hall–Kier alpha value is -2.16. The molecule has 136 valence electrons. The number of hydroxylamine groups is 2. The van der Waals surface area contributed by atoms with E-state index >= 15 is 0 Å². The third kappa shape index (κ3) is 4.68. The highest BCUT2D eigenvalue weighted by atomic mass is 32.2. The average Bonchev–Trinajstić information content (AvgIpc) is 2.65. The number of hydrogen-bond donors (Lipinski definition) is 2. The van der Waals surface area contributed by atoms with Gasteiger partial charge in [-0.1, -0.05) is 18.2 Å². The monoisotopic (exact) mass is 365 g/mol. The van der Waals surface area contributed by atoms with Gasteiger partial charge in [0.25, 0.3) is 5.91 Å². The van der Waals surface area contributed by atoms with Gasteiger partial charge >= 0.3 is 0 Å². The van der Waals surface area contributed by atoms with Gasteiger partial charge in [0.1, 0.15) is 0 Å². The van der Waals surface area contributed by atoms with Crippen molar-refractivity contribution in [3.63, 3.8) is 0 Å². The first-order chi connectivity index (χ1) is 11.9. The van der Waals surface area contributed by atoms with E-state index in [4.69, 9.17) is 4.84 Å². The SMILES string of the molecule is CNS(=O)(=O)c1ccc(NCC2=CCCC=C2)c(C(=O)N(C)OC)c1. The molecule has 0 atom stereocenters. The Bertz CT molecular complexity index is 800. The van der Waals surface area contributed by atoms with Crippen LogP contribution in [0.4, 0.5) is 5.69 Å². The molecule has 0 fully saturated rings. The van der Waals surface area contributed by atoms with Crippen molar-refractivity contribution in [1.82, 2.24) is 9.79 Å². The smallest absolute Gasteiger partial charge is 0.279 e. The molecule has 0 bridgehead atoms. The Balaban J connectivity index is 2.35. The molecule has 0 aromatic heterocycles. The number of nitrogens with one attached hydrogen (secondary N) is 2. The van der Waals surface area contributed by atoms with Crippen molar-refractivity contribution in [2.45, 2.75) is 17.7 Å². The van der Waals surface area contributed by atoms with Gasteiger partial charge in [-0.2, -0.15) is 0 Å². The van der Waals surface area contributed by atoms with Crippen molar-refractivity contribution in [2.75, 3.05) is 33.1 Å². The predicted molar refractivity (Wildman–Crippen MR) is 96.7 cm³/mol. The number of nitrogens with zero attached hydrogens (tertiary/aromatic N) is 1. The summed E-state index contributed by atoms with van der Waals surface area (Å²) in [7, 11) is 0.517. The van der Waals surface area contributed by atoms with Crippen molar-refractivity contribution >= 4 is 21.6 Å². The molecule has 0 aliphatic heterocycles. The highest BCUT2D eigenvalue weighted by Gasteiger charge is 2.20. The van der Waals surface area contributed by atoms with E-state index in [1.165, 1.54) is 33.3 Å². The number of benzene rings is 1. The second-order valence-corrected chi connectivity index (χ2v) is 7.40. The Kier molecular flexibility index (Phi) is 6.35. The van der Waals surface area contributed by atoms with Crippen LogP contribution in [0.3, 0.4) is 0 Å². The fraction of sp³-hybridized carbons (Fsp3) is 0.353. The van der Waals surface area contributed by atoms with Gasteiger partial charge in [-0.15, -0.1) is 0 Å². The molecule has 0 heterocycles. The summed E-state index contributed by atoms with van der Waals surface area (Å²) in [6.45, 7) is 0.547. The van der Waals surface area contributed by atoms with E-state index < -0.39 is 15.9 Å². The van der Waals surface area contributed by atoms with Crippen molar-refractivity contribution in [3.05, 3.63) is 47.6 Å². The number of anilines is 1. The number of carbonyl (C=O) groups is 1. The lowest BCUT2D eigenvalue weighted by Gasteiger charge is -2.18. The topological polar surface area (TPSA) is 87.7 Å². The maximum atomic E-state index is 12.5. The summed E-state index contributed by atoms with van der Waals surface area (Å²) in [6, 6.07) is 4.40. The molecule has 1 aromatic rings. The molecule has 2 rings (SSSR count). The van der Waals surface area contributed by atoms with Crippen LogP contribution in [0.15, 0.2) is 46.9 Å². The molecule has 0 saturated carbocycles. The largest absolute Gasteiger partial charge is 0.380 e. The molecule has 1 aliphatic rings. The second kappa shape index (κ2) is 8.28. The van der Waals surface area contributed by atoms with E-state index in [1.807, 2.05) is 6.08 Å². The number of sulfonamides is 1. The number of amides is 1. The van der Waals surface area contributed by atoms with Gasteiger partial charge in [-0.05, 0) is 43.7 Å². The minimum absolute atomic E-state index is 0.0187. The molecule has 1 aliphatic carbocycles. The number of rotatable bonds is 7. The lowest BCUT2D eigenvalue weighted by atomic mass is 10.1. The molecule has 0 saturated heterocycles. The number of allylic oxidation sites excluding steroid dienone is 2. The number of hydrogen-bond acceptors (Lipinski definition) is 5. The van der Waals surface area contributed by atoms with Gasteiger partial charge < -0.3 is 5.32 Å². The zero-order valence-corrected chi connectivity index (χ0v) is 15.4. The summed E-state index contributed by atoms with van der Waals surface area (Å²) in [4.78, 5) is 17.5. The van der Waals surface area contributed by atoms with Crippen LogP contribution < -0.4 is 10.0 Å². The summed E-state index contributed by atoms with van der Waals surface area (Å²) in [5, 5.41) is 4.25. The second-order valence-electron chi connectivity index (χ2n) is 5.51. The van der Waals surface area contributed by atoms with Crippen molar-refractivity contribution in [1.29, 1.82) is 0 Å².